The number of imide groups is 1. The number of carbonyl (C=O) groups is 2. The van der Waals surface area contributed by atoms with Crippen LogP contribution in [0.3, 0.4) is 0 Å². The Balaban J connectivity index is 0.00000240. The average molecular weight is 511 g/mol. The molecule has 9 nitrogen and oxygen atoms in total. The molecule has 10 heteroatoms. The number of guanidine groups is 1. The third-order valence-corrected chi connectivity index (χ3v) is 5.74. The molecule has 2 saturated heterocycles. The number of imidazole rings is 1. The van der Waals surface area contributed by atoms with E-state index in [0.717, 1.165) is 43.2 Å². The fourth-order valence-electron chi connectivity index (χ4n) is 4.09. The Morgan fingerprint density at radius 2 is 2.10 bits per heavy atom. The second kappa shape index (κ2) is 8.56. The van der Waals surface area contributed by atoms with Crippen LogP contribution in [-0.2, 0) is 11.3 Å². The zero-order chi connectivity index (χ0) is 19.7. The van der Waals surface area contributed by atoms with Crippen LogP contribution in [-0.4, -0.2) is 57.9 Å². The SMILES string of the molecule is CN=C(NCc1cn2ccccc2n1)N1CCC(C2(C)NC(=O)NC2=O)CC1.I. The minimum absolute atomic E-state index is 0. The number of aliphatic imine (C=N–C) groups is 1. The Labute approximate surface area is 186 Å². The molecule has 4 heterocycles. The number of fused-ring (bicyclic) bond motifs is 1. The molecule has 29 heavy (non-hydrogen) atoms. The van der Waals surface area contributed by atoms with Crippen LogP contribution in [0.25, 0.3) is 5.65 Å². The van der Waals surface area contributed by atoms with Crippen molar-refractivity contribution in [2.75, 3.05) is 20.1 Å². The predicted molar refractivity (Wildman–Crippen MR) is 120 cm³/mol. The van der Waals surface area contributed by atoms with E-state index in [4.69, 9.17) is 0 Å². The summed E-state index contributed by atoms with van der Waals surface area (Å²) in [5.74, 6) is 0.692. The summed E-state index contributed by atoms with van der Waals surface area (Å²) in [4.78, 5) is 34.9. The van der Waals surface area contributed by atoms with Gasteiger partial charge in [-0.2, -0.15) is 0 Å². The smallest absolute Gasteiger partial charge is 0.322 e. The monoisotopic (exact) mass is 511 g/mol. The molecule has 3 amide bonds. The number of amides is 3. The molecule has 0 saturated carbocycles. The molecule has 0 radical (unpaired) electrons. The molecule has 2 aliphatic rings. The van der Waals surface area contributed by atoms with Crippen molar-refractivity contribution < 1.29 is 9.59 Å². The lowest BCUT2D eigenvalue weighted by atomic mass is 9.79. The molecule has 0 spiro atoms. The molecule has 1 atom stereocenters. The zero-order valence-corrected chi connectivity index (χ0v) is 18.8. The van der Waals surface area contributed by atoms with Crippen LogP contribution in [0.15, 0.2) is 35.6 Å². The number of pyridine rings is 1. The van der Waals surface area contributed by atoms with Crippen molar-refractivity contribution in [1.29, 1.82) is 0 Å². The van der Waals surface area contributed by atoms with E-state index < -0.39 is 11.6 Å². The summed E-state index contributed by atoms with van der Waals surface area (Å²) in [6, 6.07) is 5.51. The standard InChI is InChI=1S/C19H25N7O2.HI/c1-19(16(27)23-18(28)24-19)13-6-9-25(10-7-13)17(20-2)21-11-14-12-26-8-4-3-5-15(26)22-14;/h3-5,8,12-13H,6-7,9-11H2,1-2H3,(H,20,21)(H2,23,24,27,28);1H. The molecule has 0 aliphatic carbocycles. The van der Waals surface area contributed by atoms with E-state index in [9.17, 15) is 9.59 Å². The van der Waals surface area contributed by atoms with Gasteiger partial charge in [0.1, 0.15) is 11.2 Å². The number of hydrogen-bond donors (Lipinski definition) is 3. The summed E-state index contributed by atoms with van der Waals surface area (Å²) in [7, 11) is 1.77. The van der Waals surface area contributed by atoms with E-state index in [1.165, 1.54) is 0 Å². The fraction of sp³-hybridized carbons (Fsp3) is 0.474. The lowest BCUT2D eigenvalue weighted by Crippen LogP contribution is -2.55. The quantitative estimate of drug-likeness (QED) is 0.250. The van der Waals surface area contributed by atoms with Crippen molar-refractivity contribution in [3.05, 3.63) is 36.3 Å². The molecule has 2 aliphatic heterocycles. The van der Waals surface area contributed by atoms with E-state index in [2.05, 4.69) is 30.8 Å². The van der Waals surface area contributed by atoms with E-state index in [0.29, 0.717) is 6.54 Å². The van der Waals surface area contributed by atoms with Crippen molar-refractivity contribution in [3.63, 3.8) is 0 Å². The topological polar surface area (TPSA) is 103 Å². The molecular weight excluding hydrogens is 485 g/mol. The zero-order valence-electron chi connectivity index (χ0n) is 16.5. The second-order valence-corrected chi connectivity index (χ2v) is 7.47. The number of rotatable bonds is 3. The third-order valence-electron chi connectivity index (χ3n) is 5.74. The minimum atomic E-state index is -0.823. The van der Waals surface area contributed by atoms with Crippen molar-refractivity contribution >= 4 is 47.5 Å². The van der Waals surface area contributed by atoms with Crippen LogP contribution < -0.4 is 16.0 Å². The van der Waals surface area contributed by atoms with Crippen molar-refractivity contribution in [1.82, 2.24) is 30.2 Å². The summed E-state index contributed by atoms with van der Waals surface area (Å²) in [6.45, 7) is 3.94. The lowest BCUT2D eigenvalue weighted by molar-refractivity contribution is -0.125. The summed E-state index contributed by atoms with van der Waals surface area (Å²) >= 11 is 0. The fourth-order valence-corrected chi connectivity index (χ4v) is 4.09. The van der Waals surface area contributed by atoms with Gasteiger partial charge < -0.3 is 19.9 Å². The van der Waals surface area contributed by atoms with Gasteiger partial charge in [0.25, 0.3) is 5.91 Å². The Hall–Kier alpha value is -2.37. The van der Waals surface area contributed by atoms with Gasteiger partial charge in [-0.25, -0.2) is 9.78 Å². The minimum Gasteiger partial charge on any atom is -0.351 e. The molecule has 0 aromatic carbocycles. The maximum atomic E-state index is 12.2. The molecule has 3 N–H and O–H groups in total. The number of hydrogen-bond acceptors (Lipinski definition) is 4. The molecule has 2 aromatic rings. The highest BCUT2D eigenvalue weighted by molar-refractivity contribution is 14.0. The Morgan fingerprint density at radius 1 is 1.34 bits per heavy atom. The highest BCUT2D eigenvalue weighted by Crippen LogP contribution is 2.30. The number of aromatic nitrogens is 2. The first-order chi connectivity index (χ1) is 13.5. The predicted octanol–water partition coefficient (Wildman–Crippen LogP) is 1.34. The molecule has 2 fully saturated rings. The molecule has 0 bridgehead atoms. The van der Waals surface area contributed by atoms with Crippen LogP contribution in [0.1, 0.15) is 25.5 Å². The van der Waals surface area contributed by atoms with Gasteiger partial charge in [0.2, 0.25) is 0 Å². The van der Waals surface area contributed by atoms with Gasteiger partial charge in [0.05, 0.1) is 12.2 Å². The average Bonchev–Trinajstić information content (AvgIpc) is 3.22. The Morgan fingerprint density at radius 3 is 2.72 bits per heavy atom. The molecule has 4 rings (SSSR count). The third kappa shape index (κ3) is 4.16. The van der Waals surface area contributed by atoms with Crippen LogP contribution in [0.2, 0.25) is 0 Å². The molecule has 1 unspecified atom stereocenters. The van der Waals surface area contributed by atoms with Crippen LogP contribution in [0.4, 0.5) is 4.79 Å². The van der Waals surface area contributed by atoms with Gasteiger partial charge in [-0.05, 0) is 37.8 Å². The van der Waals surface area contributed by atoms with E-state index in [1.807, 2.05) is 41.9 Å². The van der Waals surface area contributed by atoms with E-state index >= 15 is 0 Å². The lowest BCUT2D eigenvalue weighted by Gasteiger charge is -2.39. The molecule has 2 aromatic heterocycles. The van der Waals surface area contributed by atoms with Gasteiger partial charge in [-0.3, -0.25) is 15.1 Å². The number of carbonyl (C=O) groups excluding carboxylic acids is 2. The van der Waals surface area contributed by atoms with Gasteiger partial charge in [-0.15, -0.1) is 24.0 Å². The summed E-state index contributed by atoms with van der Waals surface area (Å²) in [5, 5.41) is 8.52. The van der Waals surface area contributed by atoms with Gasteiger partial charge in [-0.1, -0.05) is 6.07 Å². The molecule has 156 valence electrons. The van der Waals surface area contributed by atoms with Crippen molar-refractivity contribution in [2.24, 2.45) is 10.9 Å². The number of nitrogens with one attached hydrogen (secondary N) is 3. The van der Waals surface area contributed by atoms with Crippen molar-refractivity contribution in [3.8, 4) is 0 Å². The number of nitrogens with zero attached hydrogens (tertiary/aromatic N) is 4. The van der Waals surface area contributed by atoms with E-state index in [1.54, 1.807) is 7.05 Å². The van der Waals surface area contributed by atoms with Crippen molar-refractivity contribution in [2.45, 2.75) is 31.8 Å². The highest BCUT2D eigenvalue weighted by atomic mass is 127. The first-order valence-electron chi connectivity index (χ1n) is 9.51. The summed E-state index contributed by atoms with van der Waals surface area (Å²) in [5.41, 5.74) is 1.04. The Kier molecular flexibility index (Phi) is 6.30. The van der Waals surface area contributed by atoms with Gasteiger partial charge >= 0.3 is 6.03 Å². The van der Waals surface area contributed by atoms with Crippen LogP contribution in [0, 0.1) is 5.92 Å². The second-order valence-electron chi connectivity index (χ2n) is 7.47. The number of urea groups is 1. The van der Waals surface area contributed by atoms with E-state index in [-0.39, 0.29) is 35.8 Å². The van der Waals surface area contributed by atoms with Gasteiger partial charge in [0.15, 0.2) is 5.96 Å². The van der Waals surface area contributed by atoms with Crippen LogP contribution in [0.5, 0.6) is 0 Å². The first kappa shape index (κ1) is 21.3. The first-order valence-corrected chi connectivity index (χ1v) is 9.51. The number of halogens is 1. The normalized spacial score (nSPS) is 23.0. The number of likely N-dealkylation sites (tertiary alicyclic amines) is 1. The largest absolute Gasteiger partial charge is 0.351 e. The maximum absolute atomic E-state index is 12.2. The summed E-state index contributed by atoms with van der Waals surface area (Å²) < 4.78 is 1.99. The highest BCUT2D eigenvalue weighted by Gasteiger charge is 2.48. The number of piperidine rings is 1. The summed E-state index contributed by atoms with van der Waals surface area (Å²) in [6.07, 6.45) is 5.59. The van der Waals surface area contributed by atoms with Crippen LogP contribution >= 0.6 is 24.0 Å². The van der Waals surface area contributed by atoms with Gasteiger partial charge in [0, 0.05) is 32.5 Å². The molecular formula is C19H26IN7O2. The maximum Gasteiger partial charge on any atom is 0.322 e. The Bertz CT molecular complexity index is 903.